The first-order chi connectivity index (χ1) is 16.5. The number of carboxylic acid groups (broad SMARTS) is 1. The Morgan fingerprint density at radius 2 is 1.53 bits per heavy atom. The number of carboxylic acids is 1. The maximum Gasteiger partial charge on any atom is 0.336 e. The number of carbonyl (C=O) groups is 2. The van der Waals surface area contributed by atoms with Crippen LogP contribution in [-0.4, -0.2) is 17.1 Å². The van der Waals surface area contributed by atoms with Gasteiger partial charge in [0.05, 0.1) is 11.3 Å². The van der Waals surface area contributed by atoms with E-state index in [0.29, 0.717) is 34.9 Å². The SMILES string of the molecule is Cc1ccc(NC(=O)Nc2cc(-c3ccccc3C(=O)O)ccc2OCc2ccccc2)cc1. The quantitative estimate of drug-likeness (QED) is 0.295. The molecule has 0 heterocycles. The lowest BCUT2D eigenvalue weighted by atomic mass is 9.99. The van der Waals surface area contributed by atoms with Crippen LogP contribution < -0.4 is 15.4 Å². The van der Waals surface area contributed by atoms with Crippen LogP contribution in [0, 0.1) is 6.92 Å². The number of carbonyl (C=O) groups excluding carboxylic acids is 1. The molecule has 0 aliphatic carbocycles. The smallest absolute Gasteiger partial charge is 0.336 e. The monoisotopic (exact) mass is 452 g/mol. The first-order valence-electron chi connectivity index (χ1n) is 10.8. The minimum atomic E-state index is -1.02. The predicted molar refractivity (Wildman–Crippen MR) is 133 cm³/mol. The molecular formula is C28H24N2O4. The summed E-state index contributed by atoms with van der Waals surface area (Å²) in [7, 11) is 0. The number of amides is 2. The summed E-state index contributed by atoms with van der Waals surface area (Å²) in [6.07, 6.45) is 0. The fraction of sp³-hybridized carbons (Fsp3) is 0.0714. The van der Waals surface area contributed by atoms with Crippen molar-refractivity contribution in [2.75, 3.05) is 10.6 Å². The highest BCUT2D eigenvalue weighted by molar-refractivity contribution is 6.02. The van der Waals surface area contributed by atoms with Crippen molar-refractivity contribution in [2.45, 2.75) is 13.5 Å². The van der Waals surface area contributed by atoms with Gasteiger partial charge >= 0.3 is 12.0 Å². The molecule has 2 amide bonds. The molecular weight excluding hydrogens is 428 g/mol. The van der Waals surface area contributed by atoms with Crippen molar-refractivity contribution in [1.82, 2.24) is 0 Å². The third-order valence-electron chi connectivity index (χ3n) is 5.24. The summed E-state index contributed by atoms with van der Waals surface area (Å²) < 4.78 is 6.00. The summed E-state index contributed by atoms with van der Waals surface area (Å²) in [5, 5.41) is 15.2. The molecule has 4 rings (SSSR count). The van der Waals surface area contributed by atoms with Gasteiger partial charge in [0.25, 0.3) is 0 Å². The van der Waals surface area contributed by atoms with Gasteiger partial charge in [0, 0.05) is 5.69 Å². The third kappa shape index (κ3) is 5.61. The molecule has 0 aliphatic heterocycles. The van der Waals surface area contributed by atoms with E-state index >= 15 is 0 Å². The van der Waals surface area contributed by atoms with E-state index in [1.165, 1.54) is 0 Å². The van der Waals surface area contributed by atoms with Gasteiger partial charge in [-0.25, -0.2) is 9.59 Å². The van der Waals surface area contributed by atoms with E-state index in [4.69, 9.17) is 4.74 Å². The third-order valence-corrected chi connectivity index (χ3v) is 5.24. The molecule has 0 unspecified atom stereocenters. The van der Waals surface area contributed by atoms with Crippen molar-refractivity contribution < 1.29 is 19.4 Å². The number of ether oxygens (including phenoxy) is 1. The van der Waals surface area contributed by atoms with E-state index < -0.39 is 12.0 Å². The van der Waals surface area contributed by atoms with E-state index in [0.717, 1.165) is 11.1 Å². The molecule has 0 radical (unpaired) electrons. The molecule has 3 N–H and O–H groups in total. The molecule has 34 heavy (non-hydrogen) atoms. The van der Waals surface area contributed by atoms with Gasteiger partial charge in [-0.05, 0) is 53.9 Å². The van der Waals surface area contributed by atoms with Crippen molar-refractivity contribution >= 4 is 23.4 Å². The summed E-state index contributed by atoms with van der Waals surface area (Å²) in [5.74, 6) is -0.550. The molecule has 170 valence electrons. The standard InChI is InChI=1S/C28H24N2O4/c1-19-11-14-22(15-12-19)29-28(33)30-25-17-21(23-9-5-6-10-24(23)27(31)32)13-16-26(25)34-18-20-7-3-2-4-8-20/h2-17H,18H2,1H3,(H,31,32)(H2,29,30,33). The van der Waals surface area contributed by atoms with Crippen LogP contribution in [0.5, 0.6) is 5.75 Å². The predicted octanol–water partition coefficient (Wildman–Crippen LogP) is 6.58. The molecule has 0 aromatic heterocycles. The molecule has 0 atom stereocenters. The molecule has 0 spiro atoms. The second-order valence-corrected chi connectivity index (χ2v) is 7.78. The van der Waals surface area contributed by atoms with Gasteiger partial charge in [-0.3, -0.25) is 0 Å². The summed E-state index contributed by atoms with van der Waals surface area (Å²) in [4.78, 5) is 24.5. The lowest BCUT2D eigenvalue weighted by Gasteiger charge is -2.16. The van der Waals surface area contributed by atoms with Crippen LogP contribution in [-0.2, 0) is 6.61 Å². The van der Waals surface area contributed by atoms with Crippen LogP contribution in [0.2, 0.25) is 0 Å². The lowest BCUT2D eigenvalue weighted by molar-refractivity contribution is 0.0697. The average Bonchev–Trinajstić information content (AvgIpc) is 2.85. The van der Waals surface area contributed by atoms with Gasteiger partial charge in [-0.1, -0.05) is 72.3 Å². The number of hydrogen-bond acceptors (Lipinski definition) is 3. The number of rotatable bonds is 7. The minimum Gasteiger partial charge on any atom is -0.487 e. The maximum absolute atomic E-state index is 12.7. The summed E-state index contributed by atoms with van der Waals surface area (Å²) >= 11 is 0. The molecule has 0 saturated heterocycles. The van der Waals surface area contributed by atoms with Crippen molar-refractivity contribution in [1.29, 1.82) is 0 Å². The van der Waals surface area contributed by atoms with E-state index in [-0.39, 0.29) is 5.56 Å². The zero-order valence-corrected chi connectivity index (χ0v) is 18.6. The first kappa shape index (κ1) is 22.6. The Balaban J connectivity index is 1.63. The van der Waals surface area contributed by atoms with Gasteiger partial charge in [-0.15, -0.1) is 0 Å². The maximum atomic E-state index is 12.7. The molecule has 4 aromatic carbocycles. The summed E-state index contributed by atoms with van der Waals surface area (Å²) in [6.45, 7) is 2.29. The molecule has 0 saturated carbocycles. The Kier molecular flexibility index (Phi) is 6.89. The fourth-order valence-corrected chi connectivity index (χ4v) is 3.50. The molecule has 0 fully saturated rings. The fourth-order valence-electron chi connectivity index (χ4n) is 3.50. The average molecular weight is 453 g/mol. The number of hydrogen-bond donors (Lipinski definition) is 3. The topological polar surface area (TPSA) is 87.7 Å². The normalized spacial score (nSPS) is 10.4. The van der Waals surface area contributed by atoms with E-state index in [2.05, 4.69) is 10.6 Å². The van der Waals surface area contributed by atoms with Crippen LogP contribution >= 0.6 is 0 Å². The molecule has 6 nitrogen and oxygen atoms in total. The van der Waals surface area contributed by atoms with E-state index in [9.17, 15) is 14.7 Å². The number of aryl methyl sites for hydroxylation is 1. The van der Waals surface area contributed by atoms with Crippen molar-refractivity contribution in [3.8, 4) is 16.9 Å². The number of anilines is 2. The second kappa shape index (κ2) is 10.4. The van der Waals surface area contributed by atoms with Gasteiger partial charge in [-0.2, -0.15) is 0 Å². The number of benzene rings is 4. The zero-order chi connectivity index (χ0) is 23.9. The largest absolute Gasteiger partial charge is 0.487 e. The van der Waals surface area contributed by atoms with E-state index in [1.807, 2.05) is 61.5 Å². The van der Waals surface area contributed by atoms with Crippen LogP contribution in [0.4, 0.5) is 16.2 Å². The Bertz CT molecular complexity index is 1300. The second-order valence-electron chi connectivity index (χ2n) is 7.78. The Morgan fingerprint density at radius 1 is 0.824 bits per heavy atom. The molecule has 4 aromatic rings. The Hall–Kier alpha value is -4.58. The highest BCUT2D eigenvalue weighted by atomic mass is 16.5. The highest BCUT2D eigenvalue weighted by Gasteiger charge is 2.15. The van der Waals surface area contributed by atoms with Crippen LogP contribution in [0.3, 0.4) is 0 Å². The summed E-state index contributed by atoms with van der Waals surface area (Å²) in [5.41, 5.74) is 4.53. The Morgan fingerprint density at radius 3 is 2.26 bits per heavy atom. The Labute approximate surface area is 197 Å². The zero-order valence-electron chi connectivity index (χ0n) is 18.6. The van der Waals surface area contributed by atoms with Gasteiger partial charge < -0.3 is 20.5 Å². The lowest BCUT2D eigenvalue weighted by Crippen LogP contribution is -2.20. The van der Waals surface area contributed by atoms with Crippen LogP contribution in [0.25, 0.3) is 11.1 Å². The number of urea groups is 1. The first-order valence-corrected chi connectivity index (χ1v) is 10.8. The van der Waals surface area contributed by atoms with Gasteiger partial charge in [0.15, 0.2) is 0 Å². The van der Waals surface area contributed by atoms with Gasteiger partial charge in [0.2, 0.25) is 0 Å². The van der Waals surface area contributed by atoms with Crippen LogP contribution in [0.15, 0.2) is 97.1 Å². The summed E-state index contributed by atoms with van der Waals surface area (Å²) in [6, 6.07) is 28.7. The molecule has 0 bridgehead atoms. The minimum absolute atomic E-state index is 0.176. The van der Waals surface area contributed by atoms with Gasteiger partial charge in [0.1, 0.15) is 12.4 Å². The number of nitrogens with one attached hydrogen (secondary N) is 2. The molecule has 0 aliphatic rings. The number of aromatic carboxylic acids is 1. The van der Waals surface area contributed by atoms with E-state index in [1.54, 1.807) is 42.5 Å². The van der Waals surface area contributed by atoms with Crippen molar-refractivity contribution in [3.63, 3.8) is 0 Å². The van der Waals surface area contributed by atoms with Crippen molar-refractivity contribution in [2.24, 2.45) is 0 Å². The van der Waals surface area contributed by atoms with Crippen LogP contribution in [0.1, 0.15) is 21.5 Å². The highest BCUT2D eigenvalue weighted by Crippen LogP contribution is 2.33. The molecule has 6 heteroatoms. The van der Waals surface area contributed by atoms with Crippen molar-refractivity contribution in [3.05, 3.63) is 114 Å².